The smallest absolute Gasteiger partial charge is 0.127 e. The predicted octanol–water partition coefficient (Wildman–Crippen LogP) is 2.70. The van der Waals surface area contributed by atoms with Gasteiger partial charge in [-0.15, -0.1) is 0 Å². The second-order valence-electron chi connectivity index (χ2n) is 3.75. The summed E-state index contributed by atoms with van der Waals surface area (Å²) in [6.07, 6.45) is 0. The maximum absolute atomic E-state index is 5.74. The van der Waals surface area contributed by atoms with Crippen LogP contribution in [0.15, 0.2) is 46.9 Å². The summed E-state index contributed by atoms with van der Waals surface area (Å²) in [6.45, 7) is 2.43. The van der Waals surface area contributed by atoms with E-state index in [9.17, 15) is 0 Å². The Morgan fingerprint density at radius 2 is 1.94 bits per heavy atom. The van der Waals surface area contributed by atoms with E-state index in [-0.39, 0.29) is 6.04 Å². The first kappa shape index (κ1) is 10.8. The molecule has 0 aliphatic carbocycles. The molecule has 3 nitrogen and oxygen atoms in total. The number of nitrogens with one attached hydrogen (secondary N) is 1. The fourth-order valence-corrected chi connectivity index (χ4v) is 1.62. The van der Waals surface area contributed by atoms with E-state index in [1.54, 1.807) is 0 Å². The quantitative estimate of drug-likeness (QED) is 0.826. The molecule has 0 amide bonds. The molecule has 1 unspecified atom stereocenters. The van der Waals surface area contributed by atoms with Crippen molar-refractivity contribution in [3.63, 3.8) is 0 Å². The third-order valence-electron chi connectivity index (χ3n) is 2.45. The van der Waals surface area contributed by atoms with Gasteiger partial charge in [0.05, 0.1) is 6.04 Å². The summed E-state index contributed by atoms with van der Waals surface area (Å²) in [5.41, 5.74) is 6.79. The molecule has 0 aliphatic heterocycles. The van der Waals surface area contributed by atoms with E-state index in [0.717, 1.165) is 17.2 Å². The third-order valence-corrected chi connectivity index (χ3v) is 2.45. The summed E-state index contributed by atoms with van der Waals surface area (Å²) in [7, 11) is 0. The number of aryl methyl sites for hydroxylation is 1. The van der Waals surface area contributed by atoms with Crippen molar-refractivity contribution >= 4 is 5.69 Å². The molecule has 0 radical (unpaired) electrons. The van der Waals surface area contributed by atoms with Crippen LogP contribution in [0.5, 0.6) is 0 Å². The molecule has 0 aliphatic rings. The zero-order chi connectivity index (χ0) is 11.4. The number of rotatable bonds is 4. The SMILES string of the molecule is Cc1ccc(C(CN)Nc2ccccc2)o1. The lowest BCUT2D eigenvalue weighted by molar-refractivity contribution is 0.459. The minimum atomic E-state index is 0.0242. The molecule has 1 aromatic carbocycles. The summed E-state index contributed by atoms with van der Waals surface area (Å²) in [4.78, 5) is 0. The van der Waals surface area contributed by atoms with Gasteiger partial charge in [-0.25, -0.2) is 0 Å². The first-order valence-corrected chi connectivity index (χ1v) is 5.37. The second-order valence-corrected chi connectivity index (χ2v) is 3.75. The molecule has 3 N–H and O–H groups in total. The molecule has 3 heteroatoms. The molecule has 1 atom stereocenters. The monoisotopic (exact) mass is 216 g/mol. The molecular weight excluding hydrogens is 200 g/mol. The first-order chi connectivity index (χ1) is 7.79. The highest BCUT2D eigenvalue weighted by atomic mass is 16.3. The highest BCUT2D eigenvalue weighted by Gasteiger charge is 2.12. The van der Waals surface area contributed by atoms with Crippen molar-refractivity contribution in [1.82, 2.24) is 0 Å². The maximum Gasteiger partial charge on any atom is 0.127 e. The topological polar surface area (TPSA) is 51.2 Å². The van der Waals surface area contributed by atoms with Crippen molar-refractivity contribution < 1.29 is 4.42 Å². The molecular formula is C13H16N2O. The van der Waals surface area contributed by atoms with Crippen molar-refractivity contribution in [2.24, 2.45) is 5.73 Å². The zero-order valence-electron chi connectivity index (χ0n) is 9.31. The Hall–Kier alpha value is -1.74. The van der Waals surface area contributed by atoms with Crippen molar-refractivity contribution in [3.8, 4) is 0 Å². The lowest BCUT2D eigenvalue weighted by atomic mass is 10.2. The van der Waals surface area contributed by atoms with Gasteiger partial charge in [0.1, 0.15) is 11.5 Å². The van der Waals surface area contributed by atoms with Crippen LogP contribution in [0.25, 0.3) is 0 Å². The van der Waals surface area contributed by atoms with Gasteiger partial charge in [-0.1, -0.05) is 18.2 Å². The second kappa shape index (κ2) is 4.86. The summed E-state index contributed by atoms with van der Waals surface area (Å²) >= 11 is 0. The molecule has 0 fully saturated rings. The minimum Gasteiger partial charge on any atom is -0.464 e. The fourth-order valence-electron chi connectivity index (χ4n) is 1.62. The van der Waals surface area contributed by atoms with E-state index < -0.39 is 0 Å². The number of hydrogen-bond acceptors (Lipinski definition) is 3. The van der Waals surface area contributed by atoms with E-state index in [4.69, 9.17) is 10.2 Å². The van der Waals surface area contributed by atoms with Crippen molar-refractivity contribution in [2.75, 3.05) is 11.9 Å². The molecule has 1 aromatic heterocycles. The normalized spacial score (nSPS) is 12.4. The van der Waals surface area contributed by atoms with Gasteiger partial charge < -0.3 is 15.5 Å². The highest BCUT2D eigenvalue weighted by molar-refractivity contribution is 5.44. The van der Waals surface area contributed by atoms with Crippen LogP contribution < -0.4 is 11.1 Å². The Kier molecular flexibility index (Phi) is 3.27. The van der Waals surface area contributed by atoms with E-state index >= 15 is 0 Å². The Balaban J connectivity index is 2.12. The van der Waals surface area contributed by atoms with Crippen LogP contribution in [0.2, 0.25) is 0 Å². The maximum atomic E-state index is 5.74. The van der Waals surface area contributed by atoms with E-state index in [0.29, 0.717) is 6.54 Å². The van der Waals surface area contributed by atoms with Gasteiger partial charge in [-0.05, 0) is 31.2 Å². The number of benzene rings is 1. The first-order valence-electron chi connectivity index (χ1n) is 5.37. The van der Waals surface area contributed by atoms with Crippen LogP contribution in [0, 0.1) is 6.92 Å². The molecule has 84 valence electrons. The summed E-state index contributed by atoms with van der Waals surface area (Å²) in [5.74, 6) is 1.78. The molecule has 2 rings (SSSR count). The molecule has 16 heavy (non-hydrogen) atoms. The number of hydrogen-bond donors (Lipinski definition) is 2. The average molecular weight is 216 g/mol. The Bertz CT molecular complexity index is 436. The summed E-state index contributed by atoms with van der Waals surface area (Å²) < 4.78 is 5.57. The molecule has 1 heterocycles. The summed E-state index contributed by atoms with van der Waals surface area (Å²) in [6, 6.07) is 13.9. The van der Waals surface area contributed by atoms with Gasteiger partial charge >= 0.3 is 0 Å². The van der Waals surface area contributed by atoms with Gasteiger partial charge in [0, 0.05) is 12.2 Å². The minimum absolute atomic E-state index is 0.0242. The Morgan fingerprint density at radius 1 is 1.19 bits per heavy atom. The van der Waals surface area contributed by atoms with Crippen LogP contribution in [-0.2, 0) is 0 Å². The van der Waals surface area contributed by atoms with Crippen molar-refractivity contribution in [1.29, 1.82) is 0 Å². The number of furan rings is 1. The largest absolute Gasteiger partial charge is 0.464 e. The fraction of sp³-hybridized carbons (Fsp3) is 0.231. The predicted molar refractivity (Wildman–Crippen MR) is 65.3 cm³/mol. The van der Waals surface area contributed by atoms with E-state index in [2.05, 4.69) is 5.32 Å². The van der Waals surface area contributed by atoms with Gasteiger partial charge in [-0.3, -0.25) is 0 Å². The lowest BCUT2D eigenvalue weighted by Crippen LogP contribution is -2.19. The number of para-hydroxylation sites is 1. The Morgan fingerprint density at radius 3 is 2.50 bits per heavy atom. The lowest BCUT2D eigenvalue weighted by Gasteiger charge is -2.15. The van der Waals surface area contributed by atoms with Gasteiger partial charge in [0.25, 0.3) is 0 Å². The zero-order valence-corrected chi connectivity index (χ0v) is 9.31. The molecule has 0 saturated carbocycles. The average Bonchev–Trinajstić information content (AvgIpc) is 2.74. The van der Waals surface area contributed by atoms with Crippen LogP contribution in [0.3, 0.4) is 0 Å². The molecule has 2 aromatic rings. The van der Waals surface area contributed by atoms with Gasteiger partial charge in [0.15, 0.2) is 0 Å². The molecule has 0 bridgehead atoms. The molecule has 0 saturated heterocycles. The van der Waals surface area contributed by atoms with Crippen molar-refractivity contribution in [3.05, 3.63) is 54.0 Å². The van der Waals surface area contributed by atoms with Crippen LogP contribution >= 0.6 is 0 Å². The van der Waals surface area contributed by atoms with Crippen LogP contribution in [-0.4, -0.2) is 6.54 Å². The number of nitrogens with two attached hydrogens (primary N) is 1. The third kappa shape index (κ3) is 2.44. The Labute approximate surface area is 95.3 Å². The van der Waals surface area contributed by atoms with Crippen LogP contribution in [0.1, 0.15) is 17.6 Å². The molecule has 0 spiro atoms. The van der Waals surface area contributed by atoms with E-state index in [1.807, 2.05) is 49.4 Å². The summed E-state index contributed by atoms with van der Waals surface area (Å²) in [5, 5.41) is 3.34. The van der Waals surface area contributed by atoms with Gasteiger partial charge in [-0.2, -0.15) is 0 Å². The standard InChI is InChI=1S/C13H16N2O/c1-10-7-8-13(16-10)12(9-14)15-11-5-3-2-4-6-11/h2-8,12,15H,9,14H2,1H3. The highest BCUT2D eigenvalue weighted by Crippen LogP contribution is 2.20. The van der Waals surface area contributed by atoms with Crippen LogP contribution in [0.4, 0.5) is 5.69 Å². The van der Waals surface area contributed by atoms with Gasteiger partial charge in [0.2, 0.25) is 0 Å². The number of anilines is 1. The van der Waals surface area contributed by atoms with Crippen molar-refractivity contribution in [2.45, 2.75) is 13.0 Å². The van der Waals surface area contributed by atoms with E-state index in [1.165, 1.54) is 0 Å².